The number of nitrogens with zero attached hydrogens (tertiary/aromatic N) is 1. The van der Waals surface area contributed by atoms with Crippen molar-refractivity contribution in [2.24, 2.45) is 5.92 Å². The molecular formula is C16H28N2O2. The number of hydrogen-bond acceptors (Lipinski definition) is 2. The minimum atomic E-state index is -0.293. The zero-order chi connectivity index (χ0) is 14.5. The molecule has 2 aliphatic rings. The highest BCUT2D eigenvalue weighted by Gasteiger charge is 2.43. The fourth-order valence-corrected chi connectivity index (χ4v) is 3.69. The van der Waals surface area contributed by atoms with Crippen LogP contribution in [0.1, 0.15) is 65.2 Å². The Labute approximate surface area is 122 Å². The lowest BCUT2D eigenvalue weighted by Gasteiger charge is -2.43. The first-order valence-electron chi connectivity index (χ1n) is 8.29. The fourth-order valence-electron chi connectivity index (χ4n) is 3.69. The first-order valence-corrected chi connectivity index (χ1v) is 8.29. The van der Waals surface area contributed by atoms with Crippen molar-refractivity contribution in [1.29, 1.82) is 0 Å². The minimum absolute atomic E-state index is 0.0865. The van der Waals surface area contributed by atoms with E-state index in [1.165, 1.54) is 19.3 Å². The van der Waals surface area contributed by atoms with Gasteiger partial charge in [0.25, 0.3) is 0 Å². The molecule has 20 heavy (non-hydrogen) atoms. The van der Waals surface area contributed by atoms with Gasteiger partial charge in [-0.25, -0.2) is 0 Å². The van der Waals surface area contributed by atoms with Crippen LogP contribution in [0.5, 0.6) is 0 Å². The summed E-state index contributed by atoms with van der Waals surface area (Å²) in [5, 5.41) is 2.97. The van der Waals surface area contributed by atoms with Crippen LogP contribution in [0.15, 0.2) is 0 Å². The second-order valence-corrected chi connectivity index (χ2v) is 6.22. The van der Waals surface area contributed by atoms with Crippen LogP contribution in [0.3, 0.4) is 0 Å². The van der Waals surface area contributed by atoms with Crippen molar-refractivity contribution in [2.45, 2.75) is 77.3 Å². The molecule has 1 aliphatic heterocycles. The highest BCUT2D eigenvalue weighted by Crippen LogP contribution is 2.31. The molecule has 2 fully saturated rings. The van der Waals surface area contributed by atoms with Crippen LogP contribution in [-0.4, -0.2) is 35.3 Å². The maximum atomic E-state index is 12.6. The predicted molar refractivity (Wildman–Crippen MR) is 79.2 cm³/mol. The Morgan fingerprint density at radius 3 is 2.40 bits per heavy atom. The van der Waals surface area contributed by atoms with Gasteiger partial charge in [-0.15, -0.1) is 0 Å². The Kier molecular flexibility index (Phi) is 5.44. The lowest BCUT2D eigenvalue weighted by Crippen LogP contribution is -2.65. The van der Waals surface area contributed by atoms with Gasteiger partial charge in [0.2, 0.25) is 11.8 Å². The molecule has 0 bridgehead atoms. The quantitative estimate of drug-likeness (QED) is 0.841. The predicted octanol–water partition coefficient (Wildman–Crippen LogP) is 2.47. The van der Waals surface area contributed by atoms with Crippen molar-refractivity contribution in [1.82, 2.24) is 10.2 Å². The summed E-state index contributed by atoms with van der Waals surface area (Å²) in [5.74, 6) is 0.592. The van der Waals surface area contributed by atoms with E-state index >= 15 is 0 Å². The molecule has 0 aromatic carbocycles. The summed E-state index contributed by atoms with van der Waals surface area (Å²) in [6.45, 7) is 4.84. The van der Waals surface area contributed by atoms with Gasteiger partial charge in [0.1, 0.15) is 12.1 Å². The highest BCUT2D eigenvalue weighted by atomic mass is 16.2. The van der Waals surface area contributed by atoms with Crippen molar-refractivity contribution in [3.8, 4) is 0 Å². The summed E-state index contributed by atoms with van der Waals surface area (Å²) in [6, 6.07) is -0.505. The summed E-state index contributed by atoms with van der Waals surface area (Å²) >= 11 is 0. The van der Waals surface area contributed by atoms with Crippen LogP contribution < -0.4 is 5.32 Å². The van der Waals surface area contributed by atoms with Crippen LogP contribution in [-0.2, 0) is 9.59 Å². The van der Waals surface area contributed by atoms with Crippen LogP contribution >= 0.6 is 0 Å². The monoisotopic (exact) mass is 280 g/mol. The van der Waals surface area contributed by atoms with E-state index in [1.807, 2.05) is 4.90 Å². The van der Waals surface area contributed by atoms with Gasteiger partial charge in [-0.05, 0) is 31.6 Å². The molecule has 4 nitrogen and oxygen atoms in total. The number of carbonyl (C=O) groups is 2. The molecule has 0 aromatic heterocycles. The minimum Gasteiger partial charge on any atom is -0.342 e. The van der Waals surface area contributed by atoms with E-state index in [2.05, 4.69) is 19.2 Å². The van der Waals surface area contributed by atoms with Crippen LogP contribution in [0.2, 0.25) is 0 Å². The molecule has 4 heteroatoms. The Morgan fingerprint density at radius 2 is 1.80 bits per heavy atom. The van der Waals surface area contributed by atoms with Gasteiger partial charge < -0.3 is 10.2 Å². The molecule has 2 amide bonds. The summed E-state index contributed by atoms with van der Waals surface area (Å²) < 4.78 is 0. The fraction of sp³-hybridized carbons (Fsp3) is 0.875. The van der Waals surface area contributed by atoms with E-state index in [9.17, 15) is 9.59 Å². The number of nitrogens with one attached hydrogen (secondary N) is 1. The number of piperazine rings is 1. The van der Waals surface area contributed by atoms with E-state index in [-0.39, 0.29) is 23.9 Å². The summed E-state index contributed by atoms with van der Waals surface area (Å²) in [7, 11) is 0. The van der Waals surface area contributed by atoms with Gasteiger partial charge in [-0.3, -0.25) is 9.59 Å². The second-order valence-electron chi connectivity index (χ2n) is 6.22. The van der Waals surface area contributed by atoms with Crippen LogP contribution in [0, 0.1) is 5.92 Å². The van der Waals surface area contributed by atoms with Gasteiger partial charge in [0.15, 0.2) is 0 Å². The number of carbonyl (C=O) groups excluding carboxylic acids is 2. The third kappa shape index (κ3) is 3.15. The van der Waals surface area contributed by atoms with E-state index in [0.29, 0.717) is 12.5 Å². The van der Waals surface area contributed by atoms with Gasteiger partial charge >= 0.3 is 0 Å². The average Bonchev–Trinajstić information content (AvgIpc) is 2.45. The van der Waals surface area contributed by atoms with Crippen LogP contribution in [0.4, 0.5) is 0 Å². The first kappa shape index (κ1) is 15.3. The van der Waals surface area contributed by atoms with Gasteiger partial charge in [-0.1, -0.05) is 39.5 Å². The molecule has 2 atom stereocenters. The maximum absolute atomic E-state index is 12.6. The zero-order valence-corrected chi connectivity index (χ0v) is 12.9. The van der Waals surface area contributed by atoms with E-state index in [4.69, 9.17) is 0 Å². The molecular weight excluding hydrogens is 252 g/mol. The second kappa shape index (κ2) is 7.09. The van der Waals surface area contributed by atoms with Gasteiger partial charge in [-0.2, -0.15) is 0 Å². The first-order chi connectivity index (χ1) is 9.69. The topological polar surface area (TPSA) is 49.4 Å². The van der Waals surface area contributed by atoms with Crippen molar-refractivity contribution >= 4 is 11.8 Å². The maximum Gasteiger partial charge on any atom is 0.245 e. The van der Waals surface area contributed by atoms with Crippen molar-refractivity contribution in [3.05, 3.63) is 0 Å². The normalized spacial score (nSPS) is 28.6. The Morgan fingerprint density at radius 1 is 1.10 bits per heavy atom. The molecule has 114 valence electrons. The van der Waals surface area contributed by atoms with Crippen molar-refractivity contribution in [3.63, 3.8) is 0 Å². The van der Waals surface area contributed by atoms with Gasteiger partial charge in [0, 0.05) is 6.54 Å². The molecule has 1 heterocycles. The Bertz CT molecular complexity index is 350. The molecule has 1 saturated heterocycles. The largest absolute Gasteiger partial charge is 0.342 e. The lowest BCUT2D eigenvalue weighted by molar-refractivity contribution is -0.152. The summed E-state index contributed by atoms with van der Waals surface area (Å²) in [5.41, 5.74) is 0. The molecule has 1 N–H and O–H groups in total. The molecule has 1 saturated carbocycles. The highest BCUT2D eigenvalue weighted by molar-refractivity contribution is 5.97. The zero-order valence-electron chi connectivity index (χ0n) is 12.9. The van der Waals surface area contributed by atoms with Crippen molar-refractivity contribution < 1.29 is 9.59 Å². The SMILES string of the molecule is CCCC1NC(=O)C(C2CCCCC2)N(CCC)C1=O. The number of amides is 2. The summed E-state index contributed by atoms with van der Waals surface area (Å²) in [6.07, 6.45) is 8.43. The average molecular weight is 280 g/mol. The van der Waals surface area contributed by atoms with E-state index in [1.54, 1.807) is 0 Å². The van der Waals surface area contributed by atoms with Crippen molar-refractivity contribution in [2.75, 3.05) is 6.54 Å². The third-order valence-corrected chi connectivity index (χ3v) is 4.64. The lowest BCUT2D eigenvalue weighted by atomic mass is 9.81. The smallest absolute Gasteiger partial charge is 0.245 e. The van der Waals surface area contributed by atoms with E-state index in [0.717, 1.165) is 32.1 Å². The van der Waals surface area contributed by atoms with E-state index < -0.39 is 0 Å². The molecule has 0 radical (unpaired) electrons. The Hall–Kier alpha value is -1.06. The Balaban J connectivity index is 2.15. The standard InChI is InChI=1S/C16H28N2O2/c1-3-8-13-16(20)18(11-4-2)14(15(19)17-13)12-9-6-5-7-10-12/h12-14H,3-11H2,1-2H3,(H,17,19). The molecule has 0 aromatic rings. The van der Waals surface area contributed by atoms with Gasteiger partial charge in [0.05, 0.1) is 0 Å². The van der Waals surface area contributed by atoms with Crippen LogP contribution in [0.25, 0.3) is 0 Å². The number of hydrogen-bond donors (Lipinski definition) is 1. The summed E-state index contributed by atoms with van der Waals surface area (Å²) in [4.78, 5) is 27.0. The molecule has 0 spiro atoms. The number of rotatable bonds is 5. The molecule has 2 unspecified atom stereocenters. The molecule has 1 aliphatic carbocycles. The third-order valence-electron chi connectivity index (χ3n) is 4.64. The molecule has 2 rings (SSSR count).